The number of carbonyl (C=O) groups is 7. The van der Waals surface area contributed by atoms with E-state index in [4.69, 9.17) is 5.73 Å². The van der Waals surface area contributed by atoms with Crippen LogP contribution in [-0.4, -0.2) is 108 Å². The number of likely N-dealkylation sites (N-methyl/N-ethyl adjacent to an activating group) is 1. The number of rotatable bonds is 14. The van der Waals surface area contributed by atoms with Gasteiger partial charge in [-0.15, -0.1) is 0 Å². The molecule has 0 bridgehead atoms. The number of hydrogen-bond donors (Lipinski definition) is 8. The Balaban J connectivity index is 2.08. The van der Waals surface area contributed by atoms with E-state index in [9.17, 15) is 38.7 Å². The van der Waals surface area contributed by atoms with E-state index in [1.54, 1.807) is 50.2 Å². The van der Waals surface area contributed by atoms with E-state index in [2.05, 4.69) is 31.9 Å². The summed E-state index contributed by atoms with van der Waals surface area (Å²) in [5, 5.41) is 26.2. The van der Waals surface area contributed by atoms with E-state index in [0.717, 1.165) is 5.56 Å². The van der Waals surface area contributed by atoms with Crippen LogP contribution >= 0.6 is 0 Å². The summed E-state index contributed by atoms with van der Waals surface area (Å²) in [6.45, 7) is 5.06. The molecule has 0 aromatic heterocycles. The van der Waals surface area contributed by atoms with Crippen molar-refractivity contribution in [2.45, 2.75) is 102 Å². The average Bonchev–Trinajstić information content (AvgIpc) is 3.16. The number of phenolic OH excluding ortho intramolecular Hbond substituents is 1. The van der Waals surface area contributed by atoms with E-state index >= 15 is 0 Å². The van der Waals surface area contributed by atoms with Crippen molar-refractivity contribution in [3.63, 3.8) is 0 Å². The molecule has 0 saturated carbocycles. The Hall–Kier alpha value is -5.51. The Bertz CT molecular complexity index is 1640. The van der Waals surface area contributed by atoms with Gasteiger partial charge < -0.3 is 47.6 Å². The number of benzene rings is 2. The summed E-state index contributed by atoms with van der Waals surface area (Å²) in [6.07, 6.45) is 2.37. The lowest BCUT2D eigenvalue weighted by Crippen LogP contribution is -2.61. The highest BCUT2D eigenvalue weighted by Crippen LogP contribution is 2.16. The van der Waals surface area contributed by atoms with Crippen molar-refractivity contribution in [2.24, 2.45) is 11.7 Å². The Morgan fingerprint density at radius 1 is 0.768 bits per heavy atom. The predicted molar refractivity (Wildman–Crippen MR) is 210 cm³/mol. The van der Waals surface area contributed by atoms with Crippen molar-refractivity contribution < 1.29 is 38.7 Å². The zero-order valence-electron chi connectivity index (χ0n) is 32.8. The maximum Gasteiger partial charge on any atom is 0.245 e. The van der Waals surface area contributed by atoms with Gasteiger partial charge in [-0.2, -0.15) is 0 Å². The zero-order valence-corrected chi connectivity index (χ0v) is 32.8. The number of phenols is 1. The van der Waals surface area contributed by atoms with Crippen LogP contribution in [0.1, 0.15) is 70.4 Å². The molecule has 56 heavy (non-hydrogen) atoms. The first-order chi connectivity index (χ1) is 26.7. The zero-order chi connectivity index (χ0) is 41.2. The van der Waals surface area contributed by atoms with Crippen LogP contribution in [0.25, 0.3) is 0 Å². The molecule has 9 N–H and O–H groups in total. The van der Waals surface area contributed by atoms with Crippen LogP contribution in [0, 0.1) is 5.92 Å². The summed E-state index contributed by atoms with van der Waals surface area (Å²) in [4.78, 5) is 96.2. The monoisotopic (exact) mass is 778 g/mol. The van der Waals surface area contributed by atoms with Crippen molar-refractivity contribution in [2.75, 3.05) is 26.7 Å². The molecule has 7 amide bonds. The molecule has 5 atom stereocenters. The molecule has 1 fully saturated rings. The second kappa shape index (κ2) is 22.8. The SMILES string of the molecule is CC(=O)NCCCCC1C(=O)NC(Cc2ccc(O)cc2)C(=O)NCC(=O)NC(CCCCN)C(=O)NC(C(C)C)C(=O)NC(Cc2ccccc2)C(=O)N1C. The average molecular weight is 779 g/mol. The first-order valence-corrected chi connectivity index (χ1v) is 19.2. The number of unbranched alkanes of at least 4 members (excludes halogenated alkanes) is 2. The number of nitrogens with one attached hydrogen (secondary N) is 6. The fraction of sp³-hybridized carbons (Fsp3) is 0.525. The first kappa shape index (κ1) is 44.9. The molecule has 5 unspecified atom stereocenters. The van der Waals surface area contributed by atoms with E-state index in [1.165, 1.54) is 31.0 Å². The van der Waals surface area contributed by atoms with Gasteiger partial charge in [0.1, 0.15) is 36.0 Å². The van der Waals surface area contributed by atoms with Crippen LogP contribution in [0.15, 0.2) is 54.6 Å². The van der Waals surface area contributed by atoms with Gasteiger partial charge in [-0.1, -0.05) is 56.3 Å². The van der Waals surface area contributed by atoms with Crippen molar-refractivity contribution in [1.29, 1.82) is 0 Å². The molecule has 16 heteroatoms. The summed E-state index contributed by atoms with van der Waals surface area (Å²) in [5.74, 6) is -4.46. The van der Waals surface area contributed by atoms with Crippen LogP contribution < -0.4 is 37.6 Å². The molecular weight excluding hydrogens is 720 g/mol. The third kappa shape index (κ3) is 14.6. The molecule has 1 saturated heterocycles. The lowest BCUT2D eigenvalue weighted by molar-refractivity contribution is -0.143. The summed E-state index contributed by atoms with van der Waals surface area (Å²) in [5.41, 5.74) is 7.00. The lowest BCUT2D eigenvalue weighted by atomic mass is 9.98. The van der Waals surface area contributed by atoms with Crippen LogP contribution in [0.3, 0.4) is 0 Å². The van der Waals surface area contributed by atoms with Crippen molar-refractivity contribution in [1.82, 2.24) is 36.8 Å². The third-order valence-electron chi connectivity index (χ3n) is 9.57. The Morgan fingerprint density at radius 2 is 1.39 bits per heavy atom. The normalized spacial score (nSPS) is 21.9. The Labute approximate surface area is 328 Å². The minimum atomic E-state index is -1.22. The lowest BCUT2D eigenvalue weighted by Gasteiger charge is -2.33. The largest absolute Gasteiger partial charge is 0.508 e. The molecule has 0 aliphatic carbocycles. The molecule has 3 rings (SSSR count). The van der Waals surface area contributed by atoms with Crippen LogP contribution in [0.5, 0.6) is 5.75 Å². The maximum atomic E-state index is 14.5. The Kier molecular flexibility index (Phi) is 18.2. The molecule has 306 valence electrons. The van der Waals surface area contributed by atoms with Crippen molar-refractivity contribution in [3.05, 3.63) is 65.7 Å². The molecular formula is C40H58N8O8. The van der Waals surface area contributed by atoms with Crippen LogP contribution in [-0.2, 0) is 46.4 Å². The topological polar surface area (TPSA) is 241 Å². The Morgan fingerprint density at radius 3 is 2.04 bits per heavy atom. The van der Waals surface area contributed by atoms with Crippen molar-refractivity contribution in [3.8, 4) is 5.75 Å². The standard InChI is InChI=1S/C40H58N8O8/c1-25(2)35-39(55)46-32(23-27-12-6-5-7-13-27)40(56)48(4)33(15-9-11-21-42-26(3)49)38(54)45-31(22-28-16-18-29(50)19-17-28)36(52)43-24-34(51)44-30(37(53)47-35)14-8-10-20-41/h5-7,12-13,16-19,25,30-33,35,50H,8-11,14-15,20-24,41H2,1-4H3,(H,42,49)(H,43,52)(H,44,51)(H,45,54)(H,46,55)(H,47,53). The van der Waals surface area contributed by atoms with E-state index < -0.39 is 78.1 Å². The van der Waals surface area contributed by atoms with E-state index in [0.29, 0.717) is 44.3 Å². The van der Waals surface area contributed by atoms with Gasteiger partial charge in [-0.25, -0.2) is 0 Å². The van der Waals surface area contributed by atoms with Gasteiger partial charge in [0.05, 0.1) is 6.54 Å². The fourth-order valence-corrected chi connectivity index (χ4v) is 6.37. The van der Waals surface area contributed by atoms with Gasteiger partial charge in [-0.3, -0.25) is 33.6 Å². The molecule has 0 radical (unpaired) electrons. The molecule has 1 aliphatic rings. The molecule has 2 aromatic rings. The number of nitrogens with zero attached hydrogens (tertiary/aromatic N) is 1. The summed E-state index contributed by atoms with van der Waals surface area (Å²) in [6, 6.07) is 9.41. The summed E-state index contributed by atoms with van der Waals surface area (Å²) in [7, 11) is 1.45. The van der Waals surface area contributed by atoms with E-state index in [-0.39, 0.29) is 37.3 Å². The minimum absolute atomic E-state index is 0.00463. The summed E-state index contributed by atoms with van der Waals surface area (Å²) >= 11 is 0. The number of nitrogens with two attached hydrogens (primary N) is 1. The van der Waals surface area contributed by atoms with Crippen LogP contribution in [0.2, 0.25) is 0 Å². The maximum absolute atomic E-state index is 14.5. The first-order valence-electron chi connectivity index (χ1n) is 19.2. The number of hydrogen-bond acceptors (Lipinski definition) is 9. The quantitative estimate of drug-likeness (QED) is 0.122. The van der Waals surface area contributed by atoms with E-state index in [1.807, 2.05) is 6.07 Å². The highest BCUT2D eigenvalue weighted by molar-refractivity contribution is 5.97. The predicted octanol–water partition coefficient (Wildman–Crippen LogP) is 0.165. The molecule has 16 nitrogen and oxygen atoms in total. The number of carbonyl (C=O) groups excluding carboxylic acids is 7. The molecule has 2 aromatic carbocycles. The number of aromatic hydroxyl groups is 1. The highest BCUT2D eigenvalue weighted by Gasteiger charge is 2.36. The molecule has 1 heterocycles. The van der Waals surface area contributed by atoms with Crippen LogP contribution in [0.4, 0.5) is 0 Å². The van der Waals surface area contributed by atoms with Gasteiger partial charge in [0.15, 0.2) is 0 Å². The van der Waals surface area contributed by atoms with Gasteiger partial charge >= 0.3 is 0 Å². The third-order valence-corrected chi connectivity index (χ3v) is 9.57. The second-order valence-electron chi connectivity index (χ2n) is 14.5. The van der Waals surface area contributed by atoms with Gasteiger partial charge in [0, 0.05) is 33.4 Å². The second-order valence-corrected chi connectivity index (χ2v) is 14.5. The van der Waals surface area contributed by atoms with Gasteiger partial charge in [-0.05, 0) is 74.2 Å². The minimum Gasteiger partial charge on any atom is -0.508 e. The van der Waals surface area contributed by atoms with Gasteiger partial charge in [0.25, 0.3) is 0 Å². The smallest absolute Gasteiger partial charge is 0.245 e. The van der Waals surface area contributed by atoms with Gasteiger partial charge in [0.2, 0.25) is 41.4 Å². The highest BCUT2D eigenvalue weighted by atomic mass is 16.3. The number of amides is 7. The summed E-state index contributed by atoms with van der Waals surface area (Å²) < 4.78 is 0. The molecule has 0 spiro atoms. The molecule has 1 aliphatic heterocycles. The van der Waals surface area contributed by atoms with Crippen molar-refractivity contribution >= 4 is 41.4 Å². The fourth-order valence-electron chi connectivity index (χ4n) is 6.37.